The van der Waals surface area contributed by atoms with Crippen LogP contribution < -0.4 is 11.1 Å². The van der Waals surface area contributed by atoms with Gasteiger partial charge in [0.25, 0.3) is 0 Å². The summed E-state index contributed by atoms with van der Waals surface area (Å²) in [6.45, 7) is 2.67. The Labute approximate surface area is 103 Å². The predicted octanol–water partition coefficient (Wildman–Crippen LogP) is 2.68. The van der Waals surface area contributed by atoms with E-state index in [0.717, 1.165) is 37.1 Å². The maximum atomic E-state index is 10.4. The maximum absolute atomic E-state index is 10.4. The molecule has 1 aliphatic carbocycles. The fourth-order valence-corrected chi connectivity index (χ4v) is 2.48. The lowest BCUT2D eigenvalue weighted by atomic mass is 9.85. The van der Waals surface area contributed by atoms with Crippen LogP contribution in [0.5, 0.6) is 0 Å². The van der Waals surface area contributed by atoms with E-state index in [2.05, 4.69) is 5.32 Å². The van der Waals surface area contributed by atoms with Crippen molar-refractivity contribution in [3.8, 4) is 0 Å². The van der Waals surface area contributed by atoms with Gasteiger partial charge in [-0.25, -0.2) is 0 Å². The van der Waals surface area contributed by atoms with Crippen LogP contribution in [0.25, 0.3) is 0 Å². The SMILES string of the molecule is Cc1ccc(N)cc1NCC1(O)CCCCC1. The molecule has 94 valence electrons. The lowest BCUT2D eigenvalue weighted by molar-refractivity contribution is 0.0167. The van der Waals surface area contributed by atoms with Crippen molar-refractivity contribution < 1.29 is 5.11 Å². The molecule has 0 saturated heterocycles. The van der Waals surface area contributed by atoms with E-state index in [1.165, 1.54) is 12.0 Å². The number of anilines is 2. The Morgan fingerprint density at radius 2 is 2.00 bits per heavy atom. The second kappa shape index (κ2) is 4.96. The van der Waals surface area contributed by atoms with E-state index in [1.807, 2.05) is 25.1 Å². The van der Waals surface area contributed by atoms with Crippen molar-refractivity contribution in [2.24, 2.45) is 0 Å². The molecule has 1 aromatic carbocycles. The maximum Gasteiger partial charge on any atom is 0.0819 e. The van der Waals surface area contributed by atoms with E-state index in [1.54, 1.807) is 0 Å². The van der Waals surface area contributed by atoms with Crippen LogP contribution >= 0.6 is 0 Å². The molecule has 0 aliphatic heterocycles. The minimum atomic E-state index is -0.532. The van der Waals surface area contributed by atoms with Gasteiger partial charge in [-0.05, 0) is 37.5 Å². The Hall–Kier alpha value is -1.22. The number of hydrogen-bond donors (Lipinski definition) is 3. The van der Waals surface area contributed by atoms with Crippen molar-refractivity contribution in [2.75, 3.05) is 17.6 Å². The summed E-state index contributed by atoms with van der Waals surface area (Å²) in [7, 11) is 0. The zero-order chi connectivity index (χ0) is 12.3. The Kier molecular flexibility index (Phi) is 3.57. The largest absolute Gasteiger partial charge is 0.399 e. The minimum absolute atomic E-state index is 0.532. The Bertz CT molecular complexity index is 384. The van der Waals surface area contributed by atoms with Crippen LogP contribution in [0.3, 0.4) is 0 Å². The Morgan fingerprint density at radius 1 is 1.29 bits per heavy atom. The van der Waals surface area contributed by atoms with Crippen LogP contribution in [0.2, 0.25) is 0 Å². The van der Waals surface area contributed by atoms with E-state index >= 15 is 0 Å². The fraction of sp³-hybridized carbons (Fsp3) is 0.571. The molecule has 1 saturated carbocycles. The predicted molar refractivity (Wildman–Crippen MR) is 72.1 cm³/mol. The summed E-state index contributed by atoms with van der Waals surface area (Å²) in [5, 5.41) is 13.7. The number of aliphatic hydroxyl groups is 1. The van der Waals surface area contributed by atoms with Crippen LogP contribution in [-0.4, -0.2) is 17.3 Å². The minimum Gasteiger partial charge on any atom is -0.399 e. The highest BCUT2D eigenvalue weighted by Crippen LogP contribution is 2.29. The molecule has 1 aliphatic rings. The molecule has 0 atom stereocenters. The van der Waals surface area contributed by atoms with Crippen LogP contribution in [-0.2, 0) is 0 Å². The molecule has 4 N–H and O–H groups in total. The fourth-order valence-electron chi connectivity index (χ4n) is 2.48. The van der Waals surface area contributed by atoms with Crippen molar-refractivity contribution in [3.05, 3.63) is 23.8 Å². The van der Waals surface area contributed by atoms with Crippen molar-refractivity contribution in [3.63, 3.8) is 0 Å². The lowest BCUT2D eigenvalue weighted by Crippen LogP contribution is -2.38. The lowest BCUT2D eigenvalue weighted by Gasteiger charge is -2.32. The monoisotopic (exact) mass is 234 g/mol. The summed E-state index contributed by atoms with van der Waals surface area (Å²) in [5.74, 6) is 0. The number of hydrogen-bond acceptors (Lipinski definition) is 3. The van der Waals surface area contributed by atoms with Gasteiger partial charge in [0, 0.05) is 17.9 Å². The van der Waals surface area contributed by atoms with Crippen LogP contribution in [0.4, 0.5) is 11.4 Å². The van der Waals surface area contributed by atoms with Gasteiger partial charge >= 0.3 is 0 Å². The number of nitrogen functional groups attached to an aromatic ring is 1. The highest BCUT2D eigenvalue weighted by atomic mass is 16.3. The third kappa shape index (κ3) is 3.13. The van der Waals surface area contributed by atoms with E-state index < -0.39 is 5.60 Å². The first kappa shape index (κ1) is 12.2. The van der Waals surface area contributed by atoms with E-state index in [-0.39, 0.29) is 0 Å². The van der Waals surface area contributed by atoms with E-state index in [0.29, 0.717) is 6.54 Å². The van der Waals surface area contributed by atoms with Crippen LogP contribution in [0.15, 0.2) is 18.2 Å². The molecule has 0 amide bonds. The second-order valence-corrected chi connectivity index (χ2v) is 5.21. The molecule has 3 nitrogen and oxygen atoms in total. The number of rotatable bonds is 3. The third-order valence-corrected chi connectivity index (χ3v) is 3.65. The molecule has 1 fully saturated rings. The quantitative estimate of drug-likeness (QED) is 0.705. The summed E-state index contributed by atoms with van der Waals surface area (Å²) in [4.78, 5) is 0. The van der Waals surface area contributed by atoms with E-state index in [9.17, 15) is 5.11 Å². The highest BCUT2D eigenvalue weighted by molar-refractivity contribution is 5.59. The Balaban J connectivity index is 1.99. The first-order valence-corrected chi connectivity index (χ1v) is 6.41. The Morgan fingerprint density at radius 3 is 2.71 bits per heavy atom. The van der Waals surface area contributed by atoms with Gasteiger partial charge in [0.05, 0.1) is 5.60 Å². The van der Waals surface area contributed by atoms with Gasteiger partial charge in [0.2, 0.25) is 0 Å². The topological polar surface area (TPSA) is 58.3 Å². The highest BCUT2D eigenvalue weighted by Gasteiger charge is 2.28. The molecule has 0 bridgehead atoms. The number of nitrogens with two attached hydrogens (primary N) is 1. The van der Waals surface area contributed by atoms with Gasteiger partial charge in [-0.2, -0.15) is 0 Å². The molecule has 0 spiro atoms. The molecule has 0 radical (unpaired) electrons. The number of nitrogens with one attached hydrogen (secondary N) is 1. The molecule has 0 unspecified atom stereocenters. The standard InChI is InChI=1S/C14H22N2O/c1-11-5-6-12(15)9-13(11)16-10-14(17)7-3-2-4-8-14/h5-6,9,16-17H,2-4,7-8,10,15H2,1H3. The van der Waals surface area contributed by atoms with Crippen LogP contribution in [0, 0.1) is 6.92 Å². The molecular formula is C14H22N2O. The van der Waals surface area contributed by atoms with Crippen molar-refractivity contribution in [1.82, 2.24) is 0 Å². The van der Waals surface area contributed by atoms with E-state index in [4.69, 9.17) is 5.73 Å². The average Bonchev–Trinajstić information content (AvgIpc) is 2.31. The second-order valence-electron chi connectivity index (χ2n) is 5.21. The summed E-state index contributed by atoms with van der Waals surface area (Å²) in [6, 6.07) is 5.83. The van der Waals surface area contributed by atoms with Gasteiger partial charge in [0.1, 0.15) is 0 Å². The molecular weight excluding hydrogens is 212 g/mol. The van der Waals surface area contributed by atoms with Gasteiger partial charge in [0.15, 0.2) is 0 Å². The summed E-state index contributed by atoms with van der Waals surface area (Å²) in [6.07, 6.45) is 5.32. The van der Waals surface area contributed by atoms with Gasteiger partial charge in [-0.1, -0.05) is 25.3 Å². The number of aryl methyl sites for hydroxylation is 1. The zero-order valence-electron chi connectivity index (χ0n) is 10.5. The van der Waals surface area contributed by atoms with Crippen molar-refractivity contribution in [2.45, 2.75) is 44.6 Å². The molecule has 3 heteroatoms. The molecule has 0 heterocycles. The van der Waals surface area contributed by atoms with Crippen molar-refractivity contribution in [1.29, 1.82) is 0 Å². The molecule has 0 aromatic heterocycles. The van der Waals surface area contributed by atoms with Gasteiger partial charge in [-0.15, -0.1) is 0 Å². The van der Waals surface area contributed by atoms with Gasteiger partial charge < -0.3 is 16.2 Å². The smallest absolute Gasteiger partial charge is 0.0819 e. The average molecular weight is 234 g/mol. The molecule has 1 aromatic rings. The zero-order valence-corrected chi connectivity index (χ0v) is 10.5. The molecule has 17 heavy (non-hydrogen) atoms. The summed E-state index contributed by atoms with van der Waals surface area (Å²) in [5.41, 5.74) is 8.19. The van der Waals surface area contributed by atoms with Gasteiger partial charge in [-0.3, -0.25) is 0 Å². The third-order valence-electron chi connectivity index (χ3n) is 3.65. The first-order chi connectivity index (χ1) is 8.09. The van der Waals surface area contributed by atoms with Crippen LogP contribution in [0.1, 0.15) is 37.7 Å². The van der Waals surface area contributed by atoms with Crippen molar-refractivity contribution >= 4 is 11.4 Å². The first-order valence-electron chi connectivity index (χ1n) is 6.41. The summed E-state index contributed by atoms with van der Waals surface area (Å²) >= 11 is 0. The summed E-state index contributed by atoms with van der Waals surface area (Å²) < 4.78 is 0. The normalized spacial score (nSPS) is 18.9. The molecule has 2 rings (SSSR count). The number of benzene rings is 1.